The second kappa shape index (κ2) is 9.91. The Balaban J connectivity index is 2.90. The van der Waals surface area contributed by atoms with Crippen LogP contribution in [0.3, 0.4) is 0 Å². The highest BCUT2D eigenvalue weighted by atomic mass is 79.9. The van der Waals surface area contributed by atoms with E-state index in [0.29, 0.717) is 0 Å². The SMILES string of the molecule is CCC(C)CSCCCCCBr. The standard InChI is InChI=1S/C10H21BrS/c1-3-10(2)9-12-8-6-4-5-7-11/h10H,3-9H2,1-2H3. The number of hydrogen-bond acceptors (Lipinski definition) is 1. The molecule has 0 nitrogen and oxygen atoms in total. The minimum absolute atomic E-state index is 0.908. The molecule has 0 aromatic heterocycles. The summed E-state index contributed by atoms with van der Waals surface area (Å²) in [5.74, 6) is 3.62. The molecule has 0 aliphatic rings. The quantitative estimate of drug-likeness (QED) is 0.458. The third-order valence-electron chi connectivity index (χ3n) is 2.02. The van der Waals surface area contributed by atoms with Crippen molar-refractivity contribution in [2.45, 2.75) is 39.5 Å². The number of alkyl halides is 1. The van der Waals surface area contributed by atoms with Gasteiger partial charge in [-0.15, -0.1) is 0 Å². The predicted octanol–water partition coefficient (Wildman–Crippen LogP) is 4.33. The van der Waals surface area contributed by atoms with Gasteiger partial charge in [0, 0.05) is 5.33 Å². The van der Waals surface area contributed by atoms with Crippen molar-refractivity contribution in [3.8, 4) is 0 Å². The fraction of sp³-hybridized carbons (Fsp3) is 1.00. The molecule has 0 bridgehead atoms. The molecule has 0 aliphatic carbocycles. The average Bonchev–Trinajstić information content (AvgIpc) is 2.10. The summed E-state index contributed by atoms with van der Waals surface area (Å²) in [7, 11) is 0. The Kier molecular flexibility index (Phi) is 10.6. The Morgan fingerprint density at radius 2 is 2.00 bits per heavy atom. The number of rotatable bonds is 8. The second-order valence-electron chi connectivity index (χ2n) is 3.34. The predicted molar refractivity (Wildman–Crippen MR) is 64.4 cm³/mol. The van der Waals surface area contributed by atoms with Gasteiger partial charge in [0.25, 0.3) is 0 Å². The second-order valence-corrected chi connectivity index (χ2v) is 5.28. The zero-order chi connectivity index (χ0) is 9.23. The van der Waals surface area contributed by atoms with Crippen molar-refractivity contribution >= 4 is 27.7 Å². The highest BCUT2D eigenvalue weighted by Gasteiger charge is 1.97. The molecular weight excluding hydrogens is 232 g/mol. The van der Waals surface area contributed by atoms with Crippen LogP contribution in [0.1, 0.15) is 39.5 Å². The zero-order valence-electron chi connectivity index (χ0n) is 8.31. The third-order valence-corrected chi connectivity index (χ3v) is 3.96. The molecule has 0 amide bonds. The van der Waals surface area contributed by atoms with E-state index >= 15 is 0 Å². The van der Waals surface area contributed by atoms with E-state index in [4.69, 9.17) is 0 Å². The van der Waals surface area contributed by atoms with E-state index in [2.05, 4.69) is 41.5 Å². The highest BCUT2D eigenvalue weighted by Crippen LogP contribution is 2.13. The number of halogens is 1. The molecule has 0 aromatic carbocycles. The van der Waals surface area contributed by atoms with E-state index in [1.165, 1.54) is 42.5 Å². The van der Waals surface area contributed by atoms with Crippen LogP contribution in [-0.4, -0.2) is 16.8 Å². The Morgan fingerprint density at radius 1 is 1.25 bits per heavy atom. The lowest BCUT2D eigenvalue weighted by atomic mass is 10.2. The summed E-state index contributed by atoms with van der Waals surface area (Å²) < 4.78 is 0. The van der Waals surface area contributed by atoms with Crippen LogP contribution in [0, 0.1) is 5.92 Å². The van der Waals surface area contributed by atoms with Crippen molar-refractivity contribution in [1.82, 2.24) is 0 Å². The smallest absolute Gasteiger partial charge is 0.00313 e. The van der Waals surface area contributed by atoms with Gasteiger partial charge < -0.3 is 0 Å². The molecule has 0 heterocycles. The maximum atomic E-state index is 3.45. The van der Waals surface area contributed by atoms with Crippen LogP contribution in [0.25, 0.3) is 0 Å². The highest BCUT2D eigenvalue weighted by molar-refractivity contribution is 9.09. The molecule has 0 fully saturated rings. The summed E-state index contributed by atoms with van der Waals surface area (Å²) >= 11 is 5.57. The summed E-state index contributed by atoms with van der Waals surface area (Å²) in [5, 5.41) is 1.17. The lowest BCUT2D eigenvalue weighted by Gasteiger charge is -2.06. The molecule has 0 aromatic rings. The molecule has 2 heteroatoms. The molecule has 74 valence electrons. The van der Waals surface area contributed by atoms with Crippen LogP contribution in [-0.2, 0) is 0 Å². The van der Waals surface area contributed by atoms with Gasteiger partial charge in [0.1, 0.15) is 0 Å². The Labute approximate surface area is 90.0 Å². The zero-order valence-corrected chi connectivity index (χ0v) is 10.7. The molecule has 1 atom stereocenters. The van der Waals surface area contributed by atoms with Gasteiger partial charge in [-0.25, -0.2) is 0 Å². The Hall–Kier alpha value is 0.830. The van der Waals surface area contributed by atoms with E-state index < -0.39 is 0 Å². The van der Waals surface area contributed by atoms with Crippen molar-refractivity contribution in [1.29, 1.82) is 0 Å². The van der Waals surface area contributed by atoms with Gasteiger partial charge >= 0.3 is 0 Å². The molecule has 0 saturated carbocycles. The van der Waals surface area contributed by atoms with Gasteiger partial charge in [-0.05, 0) is 30.3 Å². The van der Waals surface area contributed by atoms with Crippen molar-refractivity contribution in [3.63, 3.8) is 0 Å². The van der Waals surface area contributed by atoms with Gasteiger partial charge in [-0.1, -0.05) is 42.6 Å². The Bertz CT molecular complexity index is 85.9. The lowest BCUT2D eigenvalue weighted by molar-refractivity contribution is 0.636. The van der Waals surface area contributed by atoms with Crippen LogP contribution in [0.15, 0.2) is 0 Å². The van der Waals surface area contributed by atoms with Crippen LogP contribution in [0.4, 0.5) is 0 Å². The first kappa shape index (κ1) is 12.8. The first-order valence-electron chi connectivity index (χ1n) is 4.95. The summed E-state index contributed by atoms with van der Waals surface area (Å²) in [5.41, 5.74) is 0. The van der Waals surface area contributed by atoms with Crippen LogP contribution >= 0.6 is 27.7 Å². The fourth-order valence-corrected chi connectivity index (χ4v) is 2.49. The molecule has 0 N–H and O–H groups in total. The molecule has 0 spiro atoms. The van der Waals surface area contributed by atoms with Crippen LogP contribution in [0.2, 0.25) is 0 Å². The van der Waals surface area contributed by atoms with Crippen LogP contribution in [0.5, 0.6) is 0 Å². The van der Waals surface area contributed by atoms with Gasteiger partial charge in [-0.2, -0.15) is 11.8 Å². The van der Waals surface area contributed by atoms with Gasteiger partial charge in [0.05, 0.1) is 0 Å². The lowest BCUT2D eigenvalue weighted by Crippen LogP contribution is -1.96. The maximum Gasteiger partial charge on any atom is 0.00313 e. The monoisotopic (exact) mass is 252 g/mol. The van der Waals surface area contributed by atoms with Crippen molar-refractivity contribution in [2.75, 3.05) is 16.8 Å². The summed E-state index contributed by atoms with van der Waals surface area (Å²) in [6.07, 6.45) is 5.45. The van der Waals surface area contributed by atoms with Crippen molar-refractivity contribution < 1.29 is 0 Å². The summed E-state index contributed by atoms with van der Waals surface area (Å²) in [6.45, 7) is 4.61. The molecule has 0 saturated heterocycles. The first-order chi connectivity index (χ1) is 5.81. The molecule has 0 radical (unpaired) electrons. The molecule has 12 heavy (non-hydrogen) atoms. The van der Waals surface area contributed by atoms with E-state index in [-0.39, 0.29) is 0 Å². The van der Waals surface area contributed by atoms with E-state index in [1.54, 1.807) is 0 Å². The largest absolute Gasteiger partial charge is 0.162 e. The van der Waals surface area contributed by atoms with Crippen LogP contribution < -0.4 is 0 Å². The molecule has 1 unspecified atom stereocenters. The van der Waals surface area contributed by atoms with Crippen molar-refractivity contribution in [3.05, 3.63) is 0 Å². The number of hydrogen-bond donors (Lipinski definition) is 0. The normalized spacial score (nSPS) is 13.2. The van der Waals surface area contributed by atoms with Gasteiger partial charge in [0.2, 0.25) is 0 Å². The molecule has 0 rings (SSSR count). The average molecular weight is 253 g/mol. The first-order valence-corrected chi connectivity index (χ1v) is 7.22. The summed E-state index contributed by atoms with van der Waals surface area (Å²) in [6, 6.07) is 0. The van der Waals surface area contributed by atoms with E-state index in [9.17, 15) is 0 Å². The van der Waals surface area contributed by atoms with E-state index in [0.717, 1.165) is 5.92 Å². The van der Waals surface area contributed by atoms with Crippen molar-refractivity contribution in [2.24, 2.45) is 5.92 Å². The number of unbranched alkanes of at least 4 members (excludes halogenated alkanes) is 2. The molecule has 0 aliphatic heterocycles. The molecular formula is C10H21BrS. The topological polar surface area (TPSA) is 0 Å². The Morgan fingerprint density at radius 3 is 2.58 bits per heavy atom. The maximum absolute atomic E-state index is 3.45. The third kappa shape index (κ3) is 8.92. The fourth-order valence-electron chi connectivity index (χ4n) is 0.878. The summed E-state index contributed by atoms with van der Waals surface area (Å²) in [4.78, 5) is 0. The van der Waals surface area contributed by atoms with Gasteiger partial charge in [0.15, 0.2) is 0 Å². The minimum Gasteiger partial charge on any atom is -0.162 e. The van der Waals surface area contributed by atoms with E-state index in [1.807, 2.05) is 0 Å². The minimum atomic E-state index is 0.908. The number of thioether (sulfide) groups is 1. The van der Waals surface area contributed by atoms with Gasteiger partial charge in [-0.3, -0.25) is 0 Å².